The lowest BCUT2D eigenvalue weighted by Gasteiger charge is -2.32. The van der Waals surface area contributed by atoms with Crippen LogP contribution in [-0.2, 0) is 24.7 Å². The van der Waals surface area contributed by atoms with Crippen molar-refractivity contribution in [2.45, 2.75) is 74.3 Å². The molecule has 2 saturated carbocycles. The van der Waals surface area contributed by atoms with E-state index in [1.165, 1.54) is 12.0 Å². The quantitative estimate of drug-likeness (QED) is 0.603. The molecule has 12 heteroatoms. The Morgan fingerprint density at radius 1 is 1.36 bits per heavy atom. The highest BCUT2D eigenvalue weighted by Crippen LogP contribution is 2.61. The van der Waals surface area contributed by atoms with Gasteiger partial charge in [-0.3, -0.25) is 4.90 Å². The first kappa shape index (κ1) is 24.2. The third-order valence-electron chi connectivity index (χ3n) is 7.39. The molecule has 33 heavy (non-hydrogen) atoms. The molecule has 1 amide bonds. The maximum atomic E-state index is 13.6. The number of alkyl halides is 2. The maximum Gasteiger partial charge on any atom is 0.410 e. The molecule has 8 nitrogen and oxygen atoms in total. The summed E-state index contributed by atoms with van der Waals surface area (Å²) in [6, 6.07) is -0.949. The summed E-state index contributed by atoms with van der Waals surface area (Å²) in [5.74, 6) is -0.737. The van der Waals surface area contributed by atoms with Crippen molar-refractivity contribution in [3.05, 3.63) is 23.5 Å². The van der Waals surface area contributed by atoms with Gasteiger partial charge < -0.3 is 9.47 Å². The molecule has 3 fully saturated rings. The summed E-state index contributed by atoms with van der Waals surface area (Å²) < 4.78 is 75.3. The Bertz CT molecular complexity index is 1030. The van der Waals surface area contributed by atoms with Gasteiger partial charge in [0, 0.05) is 17.7 Å². The molecule has 0 aromatic carbocycles. The van der Waals surface area contributed by atoms with Crippen molar-refractivity contribution >= 4 is 15.9 Å². The summed E-state index contributed by atoms with van der Waals surface area (Å²) in [7, 11) is -2.16. The standard InChI is InChI=1S/C21H28F3N3O5S/c1-11-6-16(33(3,29)30)15(27(11)20(28)31-2)10-32-13-4-5-21(8-12(21)7-13)19-25-9-14(22)17(26-19)18(23)24/h9,11-13,15-16,18H,4-8,10H2,1-3H3/t11-,12?,13?,15-,16+,21?/m1/s1. The van der Waals surface area contributed by atoms with E-state index in [0.717, 1.165) is 12.5 Å². The van der Waals surface area contributed by atoms with Crippen LogP contribution in [0.5, 0.6) is 0 Å². The molecule has 0 radical (unpaired) electrons. The van der Waals surface area contributed by atoms with Crippen LogP contribution in [-0.4, -0.2) is 72.8 Å². The second-order valence-electron chi connectivity index (χ2n) is 9.41. The normalized spacial score (nSPS) is 33.8. The lowest BCUT2D eigenvalue weighted by atomic mass is 9.86. The number of carbonyl (C=O) groups is 1. The molecule has 0 N–H and O–H groups in total. The largest absolute Gasteiger partial charge is 0.453 e. The number of halogens is 3. The average Bonchev–Trinajstić information content (AvgIpc) is 3.39. The summed E-state index contributed by atoms with van der Waals surface area (Å²) in [6.45, 7) is 1.84. The predicted molar refractivity (Wildman–Crippen MR) is 111 cm³/mol. The van der Waals surface area contributed by atoms with Crippen LogP contribution in [0.25, 0.3) is 0 Å². The topological polar surface area (TPSA) is 98.7 Å². The van der Waals surface area contributed by atoms with Crippen LogP contribution in [0.15, 0.2) is 6.20 Å². The van der Waals surface area contributed by atoms with Crippen molar-refractivity contribution in [1.29, 1.82) is 0 Å². The van der Waals surface area contributed by atoms with Crippen molar-refractivity contribution in [1.82, 2.24) is 14.9 Å². The summed E-state index contributed by atoms with van der Waals surface area (Å²) in [5, 5.41) is -0.740. The zero-order valence-electron chi connectivity index (χ0n) is 18.7. The zero-order valence-corrected chi connectivity index (χ0v) is 19.5. The highest BCUT2D eigenvalue weighted by Gasteiger charge is 2.60. The molecule has 2 heterocycles. The number of carbonyl (C=O) groups excluding carboxylic acids is 1. The van der Waals surface area contributed by atoms with E-state index in [4.69, 9.17) is 9.47 Å². The fourth-order valence-electron chi connectivity index (χ4n) is 5.58. The summed E-state index contributed by atoms with van der Waals surface area (Å²) in [6.07, 6.45) is 1.07. The fourth-order valence-corrected chi connectivity index (χ4v) is 6.98. The Morgan fingerprint density at radius 2 is 2.09 bits per heavy atom. The van der Waals surface area contributed by atoms with E-state index in [1.54, 1.807) is 6.92 Å². The number of sulfone groups is 1. The monoisotopic (exact) mass is 491 g/mol. The van der Waals surface area contributed by atoms with Crippen molar-refractivity contribution in [2.24, 2.45) is 5.92 Å². The minimum atomic E-state index is -3.41. The number of hydrogen-bond acceptors (Lipinski definition) is 7. The molecule has 184 valence electrons. The van der Waals surface area contributed by atoms with Gasteiger partial charge in [0.15, 0.2) is 15.7 Å². The molecule has 1 aliphatic heterocycles. The number of ether oxygens (including phenoxy) is 2. The van der Waals surface area contributed by atoms with Crippen molar-refractivity contribution in [2.75, 3.05) is 20.0 Å². The number of amides is 1. The van der Waals surface area contributed by atoms with Crippen LogP contribution in [0, 0.1) is 11.7 Å². The van der Waals surface area contributed by atoms with E-state index < -0.39 is 50.6 Å². The lowest BCUT2D eigenvalue weighted by molar-refractivity contribution is -0.00707. The zero-order chi connectivity index (χ0) is 24.1. The number of hydrogen-bond donors (Lipinski definition) is 0. The number of rotatable bonds is 6. The Morgan fingerprint density at radius 3 is 2.70 bits per heavy atom. The molecule has 1 aromatic rings. The molecule has 2 aliphatic carbocycles. The Balaban J connectivity index is 1.42. The van der Waals surface area contributed by atoms with E-state index in [2.05, 4.69) is 9.97 Å². The number of likely N-dealkylation sites (tertiary alicyclic amines) is 1. The highest BCUT2D eigenvalue weighted by atomic mass is 32.2. The van der Waals surface area contributed by atoms with E-state index in [9.17, 15) is 26.4 Å². The molecular weight excluding hydrogens is 463 g/mol. The van der Waals surface area contributed by atoms with Crippen molar-refractivity contribution in [3.8, 4) is 0 Å². The third kappa shape index (κ3) is 4.43. The Hall–Kier alpha value is -1.95. The van der Waals surface area contributed by atoms with Crippen LogP contribution in [0.2, 0.25) is 0 Å². The number of fused-ring (bicyclic) bond motifs is 1. The van der Waals surface area contributed by atoms with E-state index >= 15 is 0 Å². The van der Waals surface area contributed by atoms with Gasteiger partial charge in [-0.05, 0) is 44.9 Å². The molecule has 1 aromatic heterocycles. The van der Waals surface area contributed by atoms with Crippen LogP contribution >= 0.6 is 0 Å². The van der Waals surface area contributed by atoms with Crippen molar-refractivity contribution in [3.63, 3.8) is 0 Å². The van der Waals surface area contributed by atoms with Gasteiger partial charge in [0.05, 0.1) is 37.3 Å². The highest BCUT2D eigenvalue weighted by molar-refractivity contribution is 7.91. The van der Waals surface area contributed by atoms with Gasteiger partial charge in [0.25, 0.3) is 6.43 Å². The Kier molecular flexibility index (Phi) is 6.36. The molecule has 4 rings (SSSR count). The second kappa shape index (κ2) is 8.68. The molecule has 0 bridgehead atoms. The summed E-state index contributed by atoms with van der Waals surface area (Å²) in [5.41, 5.74) is -1.31. The minimum Gasteiger partial charge on any atom is -0.453 e. The van der Waals surface area contributed by atoms with Crippen LogP contribution in [0.1, 0.15) is 57.0 Å². The fraction of sp³-hybridized carbons (Fsp3) is 0.762. The van der Waals surface area contributed by atoms with Crippen LogP contribution in [0.4, 0.5) is 18.0 Å². The Labute approximate surface area is 190 Å². The lowest BCUT2D eigenvalue weighted by Crippen LogP contribution is -2.47. The van der Waals surface area contributed by atoms with Gasteiger partial charge in [0.1, 0.15) is 11.5 Å². The van der Waals surface area contributed by atoms with Gasteiger partial charge in [-0.15, -0.1) is 0 Å². The van der Waals surface area contributed by atoms with E-state index in [-0.39, 0.29) is 30.5 Å². The van der Waals surface area contributed by atoms with Gasteiger partial charge in [-0.25, -0.2) is 36.4 Å². The predicted octanol–water partition coefficient (Wildman–Crippen LogP) is 3.02. The summed E-state index contributed by atoms with van der Waals surface area (Å²) in [4.78, 5) is 21.5. The van der Waals surface area contributed by atoms with Crippen LogP contribution in [0.3, 0.4) is 0 Å². The van der Waals surface area contributed by atoms with E-state index in [0.29, 0.717) is 32.1 Å². The smallest absolute Gasteiger partial charge is 0.410 e. The maximum absolute atomic E-state index is 13.6. The van der Waals surface area contributed by atoms with Gasteiger partial charge in [0.2, 0.25) is 0 Å². The van der Waals surface area contributed by atoms with Gasteiger partial charge in [-0.1, -0.05) is 0 Å². The summed E-state index contributed by atoms with van der Waals surface area (Å²) >= 11 is 0. The number of aromatic nitrogens is 2. The number of nitrogens with zero attached hydrogens (tertiary/aromatic N) is 3. The molecule has 3 unspecified atom stereocenters. The molecule has 3 aliphatic rings. The molecule has 6 atom stereocenters. The van der Waals surface area contributed by atoms with Gasteiger partial charge in [-0.2, -0.15) is 0 Å². The first-order chi connectivity index (χ1) is 15.5. The SMILES string of the molecule is COC(=O)N1[C@H](C)C[C@H](S(C)(=O)=O)[C@H]1COC1CCC2(c3ncc(F)c(C(F)F)n3)CC2C1. The van der Waals surface area contributed by atoms with Crippen molar-refractivity contribution < 1.29 is 35.9 Å². The van der Waals surface area contributed by atoms with E-state index in [1.807, 2.05) is 0 Å². The minimum absolute atomic E-state index is 0.0597. The third-order valence-corrected chi connectivity index (χ3v) is 8.99. The molecule has 0 spiro atoms. The van der Waals surface area contributed by atoms with Gasteiger partial charge >= 0.3 is 6.09 Å². The first-order valence-corrected chi connectivity index (χ1v) is 12.9. The van der Waals surface area contributed by atoms with Crippen LogP contribution < -0.4 is 0 Å². The number of methoxy groups -OCH3 is 1. The molecular formula is C21H28F3N3O5S. The second-order valence-corrected chi connectivity index (χ2v) is 11.7. The average molecular weight is 492 g/mol. The molecule has 1 saturated heterocycles. The first-order valence-electron chi connectivity index (χ1n) is 11.0.